The maximum Gasteiger partial charge on any atom is 0.314 e. The second kappa shape index (κ2) is 9.44. The minimum atomic E-state index is -0.724. The molecule has 3 rings (SSSR count). The standard InChI is InChI=1S/C23H28N2O3S/c1-4-28-22(27)23(15-18-10-6-5-9-17(18)2)12-8-14-25(16-23)21(26)19-11-7-13-24-20(19)29-3/h5-7,9-11,13H,4,8,12,14-16H2,1-3H3/t23-/m0/s1. The molecule has 1 aromatic carbocycles. The number of carbonyl (C=O) groups is 2. The lowest BCUT2D eigenvalue weighted by atomic mass is 9.74. The Labute approximate surface area is 176 Å². The van der Waals surface area contributed by atoms with Gasteiger partial charge < -0.3 is 9.64 Å². The van der Waals surface area contributed by atoms with Crippen LogP contribution in [0.1, 0.15) is 41.3 Å². The van der Waals surface area contributed by atoms with Gasteiger partial charge in [-0.15, -0.1) is 11.8 Å². The average Bonchev–Trinajstić information content (AvgIpc) is 2.75. The van der Waals surface area contributed by atoms with Gasteiger partial charge in [-0.05, 0) is 62.6 Å². The van der Waals surface area contributed by atoms with Crippen molar-refractivity contribution in [2.45, 2.75) is 38.1 Å². The highest BCUT2D eigenvalue weighted by atomic mass is 32.2. The van der Waals surface area contributed by atoms with Gasteiger partial charge in [0.05, 0.1) is 17.6 Å². The van der Waals surface area contributed by atoms with E-state index in [0.29, 0.717) is 43.1 Å². The van der Waals surface area contributed by atoms with Crippen LogP contribution in [-0.4, -0.2) is 47.7 Å². The lowest BCUT2D eigenvalue weighted by molar-refractivity contribution is -0.158. The van der Waals surface area contributed by atoms with Crippen LogP contribution < -0.4 is 0 Å². The topological polar surface area (TPSA) is 59.5 Å². The summed E-state index contributed by atoms with van der Waals surface area (Å²) in [5.41, 5.74) is 2.14. The van der Waals surface area contributed by atoms with Gasteiger partial charge in [-0.1, -0.05) is 24.3 Å². The zero-order valence-electron chi connectivity index (χ0n) is 17.3. The molecule has 0 N–H and O–H groups in total. The van der Waals surface area contributed by atoms with Crippen molar-refractivity contribution in [2.24, 2.45) is 5.41 Å². The highest BCUT2D eigenvalue weighted by molar-refractivity contribution is 7.98. The molecule has 6 heteroatoms. The van der Waals surface area contributed by atoms with Gasteiger partial charge >= 0.3 is 5.97 Å². The van der Waals surface area contributed by atoms with Crippen LogP contribution in [0.15, 0.2) is 47.6 Å². The van der Waals surface area contributed by atoms with Gasteiger partial charge in [0.1, 0.15) is 5.03 Å². The number of ether oxygens (including phenoxy) is 1. The molecule has 2 aromatic rings. The second-order valence-corrected chi connectivity index (χ2v) is 8.29. The molecule has 0 spiro atoms. The van der Waals surface area contributed by atoms with Gasteiger partial charge in [0.2, 0.25) is 0 Å². The number of aryl methyl sites for hydroxylation is 1. The maximum absolute atomic E-state index is 13.3. The molecule has 1 amide bonds. The van der Waals surface area contributed by atoms with Gasteiger partial charge in [0, 0.05) is 19.3 Å². The van der Waals surface area contributed by atoms with E-state index in [1.54, 1.807) is 17.2 Å². The number of pyridine rings is 1. The number of carbonyl (C=O) groups excluding carboxylic acids is 2. The van der Waals surface area contributed by atoms with E-state index in [4.69, 9.17) is 4.74 Å². The van der Waals surface area contributed by atoms with Crippen molar-refractivity contribution in [1.29, 1.82) is 0 Å². The van der Waals surface area contributed by atoms with Gasteiger partial charge in [0.25, 0.3) is 5.91 Å². The van der Waals surface area contributed by atoms with Crippen molar-refractivity contribution in [1.82, 2.24) is 9.88 Å². The number of benzene rings is 1. The van der Waals surface area contributed by atoms with E-state index in [1.807, 2.05) is 31.4 Å². The average molecular weight is 413 g/mol. The quantitative estimate of drug-likeness (QED) is 0.527. The molecule has 154 valence electrons. The molecule has 1 atom stereocenters. The summed E-state index contributed by atoms with van der Waals surface area (Å²) < 4.78 is 5.48. The summed E-state index contributed by atoms with van der Waals surface area (Å²) in [4.78, 5) is 32.5. The van der Waals surface area contributed by atoms with Crippen molar-refractivity contribution in [3.05, 3.63) is 59.3 Å². The van der Waals surface area contributed by atoms with Crippen LogP contribution >= 0.6 is 11.8 Å². The van der Waals surface area contributed by atoms with Crippen LogP contribution in [0.5, 0.6) is 0 Å². The molecule has 1 aromatic heterocycles. The first kappa shape index (κ1) is 21.4. The summed E-state index contributed by atoms with van der Waals surface area (Å²) >= 11 is 1.46. The van der Waals surface area contributed by atoms with Crippen LogP contribution in [0.2, 0.25) is 0 Å². The predicted molar refractivity (Wildman–Crippen MR) is 115 cm³/mol. The fourth-order valence-electron chi connectivity index (χ4n) is 4.03. The Balaban J connectivity index is 1.92. The Morgan fingerprint density at radius 3 is 2.76 bits per heavy atom. The molecular weight excluding hydrogens is 384 g/mol. The molecule has 0 radical (unpaired) electrons. The van der Waals surface area contributed by atoms with Crippen LogP contribution in [0, 0.1) is 12.3 Å². The van der Waals surface area contributed by atoms with E-state index in [9.17, 15) is 9.59 Å². The normalized spacial score (nSPS) is 19.1. The number of piperidine rings is 1. The molecule has 29 heavy (non-hydrogen) atoms. The molecule has 1 aliphatic heterocycles. The van der Waals surface area contributed by atoms with E-state index in [1.165, 1.54) is 11.8 Å². The Morgan fingerprint density at radius 2 is 2.03 bits per heavy atom. The molecule has 1 fully saturated rings. The van der Waals surface area contributed by atoms with Crippen molar-refractivity contribution in [2.75, 3.05) is 26.0 Å². The highest BCUT2D eigenvalue weighted by Gasteiger charge is 2.45. The fourth-order valence-corrected chi connectivity index (χ4v) is 4.57. The predicted octanol–water partition coefficient (Wildman–Crippen LogP) is 4.14. The van der Waals surface area contributed by atoms with Crippen LogP contribution in [-0.2, 0) is 16.0 Å². The molecule has 1 saturated heterocycles. The van der Waals surface area contributed by atoms with Gasteiger partial charge in [-0.25, -0.2) is 4.98 Å². The maximum atomic E-state index is 13.3. The number of hydrogen-bond acceptors (Lipinski definition) is 5. The van der Waals surface area contributed by atoms with E-state index in [-0.39, 0.29) is 11.9 Å². The first-order valence-electron chi connectivity index (χ1n) is 10.0. The molecule has 0 bridgehead atoms. The van der Waals surface area contributed by atoms with Crippen LogP contribution in [0.25, 0.3) is 0 Å². The Bertz CT molecular complexity index is 886. The smallest absolute Gasteiger partial charge is 0.314 e. The van der Waals surface area contributed by atoms with Crippen LogP contribution in [0.4, 0.5) is 0 Å². The zero-order valence-corrected chi connectivity index (χ0v) is 18.1. The summed E-state index contributed by atoms with van der Waals surface area (Å²) in [6, 6.07) is 11.7. The number of amides is 1. The molecule has 0 unspecified atom stereocenters. The second-order valence-electron chi connectivity index (χ2n) is 7.49. The molecule has 1 aliphatic rings. The Morgan fingerprint density at radius 1 is 1.24 bits per heavy atom. The summed E-state index contributed by atoms with van der Waals surface area (Å²) in [6.45, 7) is 5.21. The SMILES string of the molecule is CCOC(=O)[C@]1(Cc2ccccc2C)CCCN(C(=O)c2cccnc2SC)C1. The number of rotatable bonds is 6. The molecular formula is C23H28N2O3S. The third kappa shape index (κ3) is 4.64. The lowest BCUT2D eigenvalue weighted by Crippen LogP contribution is -2.51. The molecule has 5 nitrogen and oxygen atoms in total. The zero-order chi connectivity index (χ0) is 20.9. The number of likely N-dealkylation sites (tertiary alicyclic amines) is 1. The molecule has 0 saturated carbocycles. The van der Waals surface area contributed by atoms with Crippen molar-refractivity contribution in [3.8, 4) is 0 Å². The number of nitrogens with zero attached hydrogens (tertiary/aromatic N) is 2. The van der Waals surface area contributed by atoms with Gasteiger partial charge in [0.15, 0.2) is 0 Å². The Kier molecular flexibility index (Phi) is 6.96. The van der Waals surface area contributed by atoms with Crippen molar-refractivity contribution >= 4 is 23.6 Å². The van der Waals surface area contributed by atoms with E-state index in [2.05, 4.69) is 24.0 Å². The van der Waals surface area contributed by atoms with Gasteiger partial charge in [-0.2, -0.15) is 0 Å². The van der Waals surface area contributed by atoms with Crippen molar-refractivity contribution in [3.63, 3.8) is 0 Å². The number of esters is 1. The first-order valence-corrected chi connectivity index (χ1v) is 11.2. The summed E-state index contributed by atoms with van der Waals surface area (Å²) in [5.74, 6) is -0.280. The summed E-state index contributed by atoms with van der Waals surface area (Å²) in [7, 11) is 0. The summed E-state index contributed by atoms with van der Waals surface area (Å²) in [6.07, 6.45) is 5.67. The fraction of sp³-hybridized carbons (Fsp3) is 0.435. The molecule has 0 aliphatic carbocycles. The lowest BCUT2D eigenvalue weighted by Gasteiger charge is -2.41. The van der Waals surface area contributed by atoms with Crippen molar-refractivity contribution < 1.29 is 14.3 Å². The van der Waals surface area contributed by atoms with Crippen LogP contribution in [0.3, 0.4) is 0 Å². The summed E-state index contributed by atoms with van der Waals surface area (Å²) in [5, 5.41) is 0.712. The minimum absolute atomic E-state index is 0.0689. The highest BCUT2D eigenvalue weighted by Crippen LogP contribution is 2.37. The number of hydrogen-bond donors (Lipinski definition) is 0. The largest absolute Gasteiger partial charge is 0.466 e. The van der Waals surface area contributed by atoms with Gasteiger partial charge in [-0.3, -0.25) is 9.59 Å². The van der Waals surface area contributed by atoms with E-state index < -0.39 is 5.41 Å². The number of thioether (sulfide) groups is 1. The molecule has 2 heterocycles. The first-order chi connectivity index (χ1) is 14.0. The number of aromatic nitrogens is 1. The van der Waals surface area contributed by atoms with E-state index >= 15 is 0 Å². The monoisotopic (exact) mass is 412 g/mol. The third-order valence-electron chi connectivity index (χ3n) is 5.56. The van der Waals surface area contributed by atoms with E-state index in [0.717, 1.165) is 17.5 Å². The Hall–Kier alpha value is -2.34. The minimum Gasteiger partial charge on any atom is -0.466 e. The third-order valence-corrected chi connectivity index (χ3v) is 6.27.